The SMILES string of the molecule is Cc1ccc(NC(=O)c2ccc3c(c2)C(=O)N(Cc2ccncc2)C3=O)cc1Cl. The Hall–Kier alpha value is -3.51. The molecule has 1 aliphatic heterocycles. The zero-order valence-corrected chi connectivity index (χ0v) is 16.2. The van der Waals surface area contributed by atoms with Crippen molar-refractivity contribution in [1.82, 2.24) is 9.88 Å². The highest BCUT2D eigenvalue weighted by atomic mass is 35.5. The summed E-state index contributed by atoms with van der Waals surface area (Å²) in [6.45, 7) is 2.02. The Bertz CT molecular complexity index is 1150. The van der Waals surface area contributed by atoms with Crippen molar-refractivity contribution >= 4 is 35.0 Å². The van der Waals surface area contributed by atoms with Crippen LogP contribution >= 0.6 is 11.6 Å². The average Bonchev–Trinajstić information content (AvgIpc) is 2.96. The molecule has 1 N–H and O–H groups in total. The van der Waals surface area contributed by atoms with E-state index in [0.717, 1.165) is 11.1 Å². The molecule has 7 heteroatoms. The first-order chi connectivity index (χ1) is 13.9. The molecule has 0 bridgehead atoms. The molecular formula is C22H16ClN3O3. The van der Waals surface area contributed by atoms with E-state index >= 15 is 0 Å². The Kier molecular flexibility index (Phi) is 4.86. The number of aromatic nitrogens is 1. The van der Waals surface area contributed by atoms with E-state index in [-0.39, 0.29) is 29.5 Å². The quantitative estimate of drug-likeness (QED) is 0.663. The zero-order chi connectivity index (χ0) is 20.5. The van der Waals surface area contributed by atoms with E-state index in [1.165, 1.54) is 23.1 Å². The van der Waals surface area contributed by atoms with Crippen LogP contribution in [0.2, 0.25) is 5.02 Å². The van der Waals surface area contributed by atoms with Crippen molar-refractivity contribution in [1.29, 1.82) is 0 Å². The van der Waals surface area contributed by atoms with Crippen molar-refractivity contribution < 1.29 is 14.4 Å². The molecule has 6 nitrogen and oxygen atoms in total. The van der Waals surface area contributed by atoms with Crippen molar-refractivity contribution in [2.45, 2.75) is 13.5 Å². The number of imide groups is 1. The van der Waals surface area contributed by atoms with Crippen molar-refractivity contribution in [3.05, 3.63) is 93.8 Å². The van der Waals surface area contributed by atoms with Gasteiger partial charge in [0.1, 0.15) is 0 Å². The lowest BCUT2D eigenvalue weighted by atomic mass is 10.1. The van der Waals surface area contributed by atoms with Gasteiger partial charge in [-0.25, -0.2) is 0 Å². The molecule has 4 rings (SSSR count). The molecule has 0 spiro atoms. The number of aryl methyl sites for hydroxylation is 1. The molecule has 2 heterocycles. The summed E-state index contributed by atoms with van der Waals surface area (Å²) in [4.78, 5) is 43.1. The molecule has 0 saturated heterocycles. The number of amides is 3. The van der Waals surface area contributed by atoms with Gasteiger partial charge in [0.2, 0.25) is 0 Å². The van der Waals surface area contributed by atoms with Crippen LogP contribution in [0, 0.1) is 6.92 Å². The van der Waals surface area contributed by atoms with Crippen LogP contribution in [0.1, 0.15) is 42.2 Å². The molecular weight excluding hydrogens is 390 g/mol. The summed E-state index contributed by atoms with van der Waals surface area (Å²) >= 11 is 6.09. The Morgan fingerprint density at radius 1 is 1.00 bits per heavy atom. The molecule has 3 aromatic rings. The van der Waals surface area contributed by atoms with Crippen LogP contribution in [0.3, 0.4) is 0 Å². The van der Waals surface area contributed by atoms with Crippen LogP contribution < -0.4 is 5.32 Å². The minimum absolute atomic E-state index is 0.151. The van der Waals surface area contributed by atoms with E-state index in [4.69, 9.17) is 11.6 Å². The number of pyridine rings is 1. The van der Waals surface area contributed by atoms with E-state index in [0.29, 0.717) is 16.3 Å². The molecule has 1 aromatic heterocycles. The van der Waals surface area contributed by atoms with Crippen molar-refractivity contribution in [3.63, 3.8) is 0 Å². The number of benzene rings is 2. The fourth-order valence-corrected chi connectivity index (χ4v) is 3.30. The topological polar surface area (TPSA) is 79.4 Å². The Labute approximate surface area is 172 Å². The summed E-state index contributed by atoms with van der Waals surface area (Å²) < 4.78 is 0. The molecule has 0 unspecified atom stereocenters. The second-order valence-corrected chi connectivity index (χ2v) is 7.14. The number of halogens is 1. The van der Waals surface area contributed by atoms with E-state index in [9.17, 15) is 14.4 Å². The lowest BCUT2D eigenvalue weighted by molar-refractivity contribution is 0.0642. The summed E-state index contributed by atoms with van der Waals surface area (Å²) in [5.41, 5.74) is 3.04. The Morgan fingerprint density at radius 2 is 1.72 bits per heavy atom. The second kappa shape index (κ2) is 7.48. The third-order valence-electron chi connectivity index (χ3n) is 4.75. The van der Waals surface area contributed by atoms with Gasteiger partial charge in [-0.2, -0.15) is 0 Å². The summed E-state index contributed by atoms with van der Waals surface area (Å²) in [5, 5.41) is 3.30. The summed E-state index contributed by atoms with van der Waals surface area (Å²) in [6, 6.07) is 13.2. The molecule has 144 valence electrons. The van der Waals surface area contributed by atoms with Gasteiger partial charge >= 0.3 is 0 Å². The highest BCUT2D eigenvalue weighted by molar-refractivity contribution is 6.31. The molecule has 0 aliphatic carbocycles. The zero-order valence-electron chi connectivity index (χ0n) is 15.5. The maximum atomic E-state index is 12.8. The Morgan fingerprint density at radius 3 is 2.45 bits per heavy atom. The van der Waals surface area contributed by atoms with E-state index in [1.54, 1.807) is 42.7 Å². The maximum absolute atomic E-state index is 12.8. The van der Waals surface area contributed by atoms with Gasteiger partial charge in [0, 0.05) is 28.7 Å². The third kappa shape index (κ3) is 3.62. The number of fused-ring (bicyclic) bond motifs is 1. The average molecular weight is 406 g/mol. The normalized spacial score (nSPS) is 12.8. The lowest BCUT2D eigenvalue weighted by Crippen LogP contribution is -2.29. The largest absolute Gasteiger partial charge is 0.322 e. The fourth-order valence-electron chi connectivity index (χ4n) is 3.12. The van der Waals surface area contributed by atoms with E-state index < -0.39 is 5.91 Å². The van der Waals surface area contributed by atoms with Gasteiger partial charge in [0.25, 0.3) is 17.7 Å². The molecule has 3 amide bonds. The first-order valence-corrected chi connectivity index (χ1v) is 9.28. The Balaban J connectivity index is 1.56. The molecule has 2 aromatic carbocycles. The number of hydrogen-bond donors (Lipinski definition) is 1. The van der Waals surface area contributed by atoms with Gasteiger partial charge in [0.15, 0.2) is 0 Å². The van der Waals surface area contributed by atoms with Crippen LogP contribution in [-0.4, -0.2) is 27.6 Å². The summed E-state index contributed by atoms with van der Waals surface area (Å²) in [5.74, 6) is -1.19. The van der Waals surface area contributed by atoms with Crippen LogP contribution in [0.15, 0.2) is 60.9 Å². The fraction of sp³-hybridized carbons (Fsp3) is 0.0909. The van der Waals surface area contributed by atoms with Crippen LogP contribution in [0.5, 0.6) is 0 Å². The van der Waals surface area contributed by atoms with Crippen molar-refractivity contribution in [2.75, 3.05) is 5.32 Å². The van der Waals surface area contributed by atoms with E-state index in [2.05, 4.69) is 10.3 Å². The lowest BCUT2D eigenvalue weighted by Gasteiger charge is -2.13. The van der Waals surface area contributed by atoms with Crippen LogP contribution in [0.25, 0.3) is 0 Å². The molecule has 0 saturated carbocycles. The number of anilines is 1. The van der Waals surface area contributed by atoms with Crippen molar-refractivity contribution in [2.24, 2.45) is 0 Å². The first-order valence-electron chi connectivity index (χ1n) is 8.90. The standard InChI is InChI=1S/C22H16ClN3O3/c1-13-2-4-16(11-19(13)23)25-20(27)15-3-5-17-18(10-15)22(29)26(21(17)28)12-14-6-8-24-9-7-14/h2-11H,12H2,1H3,(H,25,27). The van der Waals surface area contributed by atoms with Gasteiger partial charge in [-0.05, 0) is 60.5 Å². The van der Waals surface area contributed by atoms with Crippen LogP contribution in [-0.2, 0) is 6.54 Å². The molecule has 0 atom stereocenters. The predicted molar refractivity (Wildman–Crippen MR) is 109 cm³/mol. The highest BCUT2D eigenvalue weighted by Gasteiger charge is 2.36. The van der Waals surface area contributed by atoms with Gasteiger partial charge in [-0.15, -0.1) is 0 Å². The molecule has 1 aliphatic rings. The summed E-state index contributed by atoms with van der Waals surface area (Å²) in [6.07, 6.45) is 3.21. The minimum Gasteiger partial charge on any atom is -0.322 e. The first kappa shape index (κ1) is 18.8. The smallest absolute Gasteiger partial charge is 0.261 e. The van der Waals surface area contributed by atoms with Crippen LogP contribution in [0.4, 0.5) is 5.69 Å². The molecule has 29 heavy (non-hydrogen) atoms. The van der Waals surface area contributed by atoms with Gasteiger partial charge in [-0.3, -0.25) is 24.3 Å². The number of carbonyl (C=O) groups excluding carboxylic acids is 3. The number of rotatable bonds is 4. The number of nitrogens with zero attached hydrogens (tertiary/aromatic N) is 2. The van der Waals surface area contributed by atoms with Gasteiger partial charge in [0.05, 0.1) is 17.7 Å². The molecule has 0 fully saturated rings. The number of carbonyl (C=O) groups is 3. The monoisotopic (exact) mass is 405 g/mol. The highest BCUT2D eigenvalue weighted by Crippen LogP contribution is 2.26. The number of hydrogen-bond acceptors (Lipinski definition) is 4. The van der Waals surface area contributed by atoms with Crippen molar-refractivity contribution in [3.8, 4) is 0 Å². The maximum Gasteiger partial charge on any atom is 0.261 e. The van der Waals surface area contributed by atoms with Gasteiger partial charge < -0.3 is 5.32 Å². The molecule has 0 radical (unpaired) electrons. The van der Waals surface area contributed by atoms with Gasteiger partial charge in [-0.1, -0.05) is 17.7 Å². The number of nitrogens with one attached hydrogen (secondary N) is 1. The second-order valence-electron chi connectivity index (χ2n) is 6.73. The predicted octanol–water partition coefficient (Wildman–Crippen LogP) is 4.09. The minimum atomic E-state index is -0.421. The third-order valence-corrected chi connectivity index (χ3v) is 5.16. The summed E-state index contributed by atoms with van der Waals surface area (Å²) in [7, 11) is 0. The van der Waals surface area contributed by atoms with E-state index in [1.807, 2.05) is 6.92 Å².